The number of fused-ring (bicyclic) bond motifs is 1. The number of nitrogens with two attached hydrogens (primary N) is 1. The van der Waals surface area contributed by atoms with Crippen molar-refractivity contribution < 1.29 is 9.84 Å². The summed E-state index contributed by atoms with van der Waals surface area (Å²) < 4.78 is 7.59. The number of rotatable bonds is 5. The fraction of sp³-hybridized carbons (Fsp3) is 0.174. The fourth-order valence-electron chi connectivity index (χ4n) is 3.43. The third-order valence-corrected chi connectivity index (χ3v) is 4.85. The average molecular weight is 388 g/mol. The first-order chi connectivity index (χ1) is 13.8. The van der Waals surface area contributed by atoms with Crippen molar-refractivity contribution in [2.75, 3.05) is 11.1 Å². The largest absolute Gasteiger partial charge is 0.457 e. The summed E-state index contributed by atoms with van der Waals surface area (Å²) >= 11 is 0. The number of nitrogen functional groups attached to an aromatic ring is 1. The zero-order chi connectivity index (χ0) is 20.6. The normalized spacial score (nSPS) is 11.6. The second kappa shape index (κ2) is 7.14. The summed E-state index contributed by atoms with van der Waals surface area (Å²) in [6.45, 7) is 5.49. The van der Waals surface area contributed by atoms with Gasteiger partial charge >= 0.3 is 0 Å². The van der Waals surface area contributed by atoms with E-state index in [1.165, 1.54) is 0 Å². The molecule has 4 N–H and O–H groups in total. The van der Waals surface area contributed by atoms with E-state index in [2.05, 4.69) is 10.4 Å². The van der Waals surface area contributed by atoms with E-state index in [9.17, 15) is 5.11 Å². The minimum absolute atomic E-state index is 0.533. The Morgan fingerprint density at radius 2 is 1.69 bits per heavy atom. The molecular formula is C23H24N4O2. The molecule has 0 unspecified atom stereocenters. The van der Waals surface area contributed by atoms with Gasteiger partial charge < -0.3 is 20.9 Å². The van der Waals surface area contributed by atoms with Gasteiger partial charge in [0.25, 0.3) is 0 Å². The second-order valence-corrected chi connectivity index (χ2v) is 7.56. The smallest absolute Gasteiger partial charge is 0.127 e. The molecule has 0 aliphatic rings. The Kier molecular flexibility index (Phi) is 4.64. The molecule has 2 aromatic heterocycles. The van der Waals surface area contributed by atoms with Crippen molar-refractivity contribution in [3.8, 4) is 11.5 Å². The third-order valence-electron chi connectivity index (χ3n) is 4.85. The molecule has 29 heavy (non-hydrogen) atoms. The Labute approximate surface area is 169 Å². The summed E-state index contributed by atoms with van der Waals surface area (Å²) in [6, 6.07) is 17.3. The van der Waals surface area contributed by atoms with Crippen LogP contribution in [-0.2, 0) is 5.60 Å². The SMILES string of the molecule is Cc1c(C(C)(C)O)cn2ncc(N)c(Nc3ccc(Oc4ccccc4)cc3)c12. The van der Waals surface area contributed by atoms with Crippen LogP contribution in [0.1, 0.15) is 25.0 Å². The first-order valence-electron chi connectivity index (χ1n) is 9.42. The van der Waals surface area contributed by atoms with Gasteiger partial charge in [-0.15, -0.1) is 0 Å². The van der Waals surface area contributed by atoms with E-state index in [0.29, 0.717) is 5.69 Å². The molecular weight excluding hydrogens is 364 g/mol. The number of hydrogen-bond donors (Lipinski definition) is 3. The molecule has 2 aromatic carbocycles. The van der Waals surface area contributed by atoms with Crippen molar-refractivity contribution in [3.63, 3.8) is 0 Å². The van der Waals surface area contributed by atoms with E-state index in [-0.39, 0.29) is 0 Å². The van der Waals surface area contributed by atoms with Crippen molar-refractivity contribution in [3.05, 3.63) is 78.1 Å². The first kappa shape index (κ1) is 18.8. The summed E-state index contributed by atoms with van der Waals surface area (Å²) in [5, 5.41) is 18.2. The van der Waals surface area contributed by atoms with Crippen molar-refractivity contribution in [2.45, 2.75) is 26.4 Å². The van der Waals surface area contributed by atoms with E-state index in [0.717, 1.165) is 39.5 Å². The van der Waals surface area contributed by atoms with E-state index >= 15 is 0 Å². The van der Waals surface area contributed by atoms with Crippen LogP contribution in [0.15, 0.2) is 67.0 Å². The highest BCUT2D eigenvalue weighted by Gasteiger charge is 2.24. The summed E-state index contributed by atoms with van der Waals surface area (Å²) in [7, 11) is 0. The van der Waals surface area contributed by atoms with E-state index < -0.39 is 5.60 Å². The van der Waals surface area contributed by atoms with E-state index in [1.807, 2.05) is 67.7 Å². The third kappa shape index (κ3) is 3.75. The van der Waals surface area contributed by atoms with Crippen LogP contribution in [0, 0.1) is 6.92 Å². The Morgan fingerprint density at radius 3 is 2.34 bits per heavy atom. The number of hydrogen-bond acceptors (Lipinski definition) is 5. The van der Waals surface area contributed by atoms with Crippen LogP contribution in [0.25, 0.3) is 5.52 Å². The van der Waals surface area contributed by atoms with Gasteiger partial charge in [-0.2, -0.15) is 5.10 Å². The minimum atomic E-state index is -0.972. The van der Waals surface area contributed by atoms with Gasteiger partial charge in [-0.05, 0) is 62.7 Å². The molecule has 148 valence electrons. The molecule has 0 bridgehead atoms. The van der Waals surface area contributed by atoms with Crippen LogP contribution < -0.4 is 15.8 Å². The molecule has 0 aliphatic heterocycles. The van der Waals surface area contributed by atoms with Crippen LogP contribution in [0.5, 0.6) is 11.5 Å². The molecule has 0 radical (unpaired) electrons. The highest BCUT2D eigenvalue weighted by Crippen LogP contribution is 2.35. The lowest BCUT2D eigenvalue weighted by molar-refractivity contribution is 0.0780. The molecule has 6 heteroatoms. The quantitative estimate of drug-likeness (QED) is 0.449. The van der Waals surface area contributed by atoms with E-state index in [1.54, 1.807) is 24.6 Å². The van der Waals surface area contributed by atoms with Crippen LogP contribution in [-0.4, -0.2) is 14.7 Å². The Morgan fingerprint density at radius 1 is 1.03 bits per heavy atom. The Bertz CT molecular complexity index is 1140. The van der Waals surface area contributed by atoms with Crippen LogP contribution in [0.4, 0.5) is 17.1 Å². The number of benzene rings is 2. The highest BCUT2D eigenvalue weighted by molar-refractivity contribution is 5.89. The average Bonchev–Trinajstić information content (AvgIpc) is 3.04. The number of para-hydroxylation sites is 1. The molecule has 0 aliphatic carbocycles. The number of nitrogens with one attached hydrogen (secondary N) is 1. The molecule has 4 rings (SSSR count). The van der Waals surface area contributed by atoms with Crippen LogP contribution in [0.3, 0.4) is 0 Å². The van der Waals surface area contributed by atoms with Crippen molar-refractivity contribution in [1.29, 1.82) is 0 Å². The van der Waals surface area contributed by atoms with Crippen molar-refractivity contribution >= 4 is 22.6 Å². The molecule has 0 amide bonds. The molecule has 2 heterocycles. The van der Waals surface area contributed by atoms with Crippen molar-refractivity contribution in [1.82, 2.24) is 9.61 Å². The number of aliphatic hydroxyl groups is 1. The number of aromatic nitrogens is 2. The highest BCUT2D eigenvalue weighted by atomic mass is 16.5. The predicted octanol–water partition coefficient (Wildman–Crippen LogP) is 4.99. The van der Waals surface area contributed by atoms with Gasteiger partial charge in [0.05, 0.1) is 28.7 Å². The van der Waals surface area contributed by atoms with Gasteiger partial charge in [0, 0.05) is 17.4 Å². The molecule has 0 saturated carbocycles. The lowest BCUT2D eigenvalue weighted by Crippen LogP contribution is -2.15. The van der Waals surface area contributed by atoms with Gasteiger partial charge in [0.1, 0.15) is 11.5 Å². The van der Waals surface area contributed by atoms with Gasteiger partial charge in [-0.25, -0.2) is 4.52 Å². The summed E-state index contributed by atoms with van der Waals surface area (Å²) in [4.78, 5) is 0. The fourth-order valence-corrected chi connectivity index (χ4v) is 3.43. The maximum absolute atomic E-state index is 10.5. The summed E-state index contributed by atoms with van der Waals surface area (Å²) in [5.41, 5.74) is 10.00. The summed E-state index contributed by atoms with van der Waals surface area (Å²) in [5.74, 6) is 1.54. The van der Waals surface area contributed by atoms with Crippen LogP contribution >= 0.6 is 0 Å². The molecule has 6 nitrogen and oxygen atoms in total. The van der Waals surface area contributed by atoms with Gasteiger partial charge in [-0.1, -0.05) is 18.2 Å². The summed E-state index contributed by atoms with van der Waals surface area (Å²) in [6.07, 6.45) is 3.45. The standard InChI is InChI=1S/C23H24N4O2/c1-15-19(23(2,3)28)14-27-22(15)21(20(24)13-25-27)26-16-9-11-18(12-10-16)29-17-7-5-4-6-8-17/h4-14,26,28H,24H2,1-3H3. The molecule has 0 atom stereocenters. The first-order valence-corrected chi connectivity index (χ1v) is 9.42. The van der Waals surface area contributed by atoms with Crippen molar-refractivity contribution in [2.24, 2.45) is 0 Å². The minimum Gasteiger partial charge on any atom is -0.457 e. The Hall–Kier alpha value is -3.51. The predicted molar refractivity (Wildman–Crippen MR) is 116 cm³/mol. The van der Waals surface area contributed by atoms with Crippen LogP contribution in [0.2, 0.25) is 0 Å². The van der Waals surface area contributed by atoms with Gasteiger partial charge in [0.15, 0.2) is 0 Å². The van der Waals surface area contributed by atoms with Gasteiger partial charge in [-0.3, -0.25) is 0 Å². The maximum Gasteiger partial charge on any atom is 0.127 e. The topological polar surface area (TPSA) is 84.8 Å². The van der Waals surface area contributed by atoms with E-state index in [4.69, 9.17) is 10.5 Å². The molecule has 0 saturated heterocycles. The monoisotopic (exact) mass is 388 g/mol. The maximum atomic E-state index is 10.5. The number of ether oxygens (including phenoxy) is 1. The molecule has 4 aromatic rings. The number of aryl methyl sites for hydroxylation is 1. The number of nitrogens with zero attached hydrogens (tertiary/aromatic N) is 2. The lowest BCUT2D eigenvalue weighted by atomic mass is 9.97. The number of anilines is 3. The van der Waals surface area contributed by atoms with Gasteiger partial charge in [0.2, 0.25) is 0 Å². The Balaban J connectivity index is 1.65. The zero-order valence-electron chi connectivity index (χ0n) is 16.7. The lowest BCUT2D eigenvalue weighted by Gasteiger charge is -2.17. The molecule has 0 fully saturated rings. The zero-order valence-corrected chi connectivity index (χ0v) is 16.7. The second-order valence-electron chi connectivity index (χ2n) is 7.56. The molecule has 0 spiro atoms.